The van der Waals surface area contributed by atoms with Gasteiger partial charge in [0.2, 0.25) is 0 Å². The standard InChI is InChI=1S/C13H12BrClO2S2/c1-8-7-11(14)13(18-8)12(15)9-3-5-10(6-4-9)19(2,16)17/h3-7,12H,1-2H3. The summed E-state index contributed by atoms with van der Waals surface area (Å²) in [7, 11) is -3.16. The van der Waals surface area contributed by atoms with Crippen LogP contribution in [0.3, 0.4) is 0 Å². The molecule has 1 atom stereocenters. The van der Waals surface area contributed by atoms with E-state index in [1.165, 1.54) is 11.1 Å². The predicted octanol–water partition coefficient (Wildman–Crippen LogP) is 4.55. The van der Waals surface area contributed by atoms with Crippen molar-refractivity contribution < 1.29 is 8.42 Å². The Morgan fingerprint density at radius 3 is 2.26 bits per heavy atom. The number of halogens is 2. The number of benzene rings is 1. The molecule has 0 saturated carbocycles. The molecular weight excluding hydrogens is 368 g/mol. The molecule has 1 aromatic heterocycles. The molecule has 2 rings (SSSR count). The Labute approximate surface area is 130 Å². The lowest BCUT2D eigenvalue weighted by Crippen LogP contribution is -1.98. The summed E-state index contributed by atoms with van der Waals surface area (Å²) in [4.78, 5) is 2.52. The first-order chi connectivity index (χ1) is 8.79. The zero-order valence-corrected chi connectivity index (χ0v) is 14.3. The van der Waals surface area contributed by atoms with Crippen LogP contribution in [-0.2, 0) is 9.84 Å². The topological polar surface area (TPSA) is 34.1 Å². The van der Waals surface area contributed by atoms with Gasteiger partial charge in [-0.2, -0.15) is 0 Å². The lowest BCUT2D eigenvalue weighted by atomic mass is 10.1. The molecule has 6 heteroatoms. The van der Waals surface area contributed by atoms with Gasteiger partial charge in [-0.1, -0.05) is 12.1 Å². The van der Waals surface area contributed by atoms with Gasteiger partial charge in [0.15, 0.2) is 9.84 Å². The largest absolute Gasteiger partial charge is 0.224 e. The van der Waals surface area contributed by atoms with E-state index in [0.717, 1.165) is 14.9 Å². The molecule has 0 aliphatic carbocycles. The first kappa shape index (κ1) is 15.0. The molecule has 0 saturated heterocycles. The Balaban J connectivity index is 2.35. The minimum atomic E-state index is -3.16. The van der Waals surface area contributed by atoms with E-state index in [9.17, 15) is 8.42 Å². The molecule has 2 aromatic rings. The highest BCUT2D eigenvalue weighted by molar-refractivity contribution is 9.10. The van der Waals surface area contributed by atoms with E-state index in [2.05, 4.69) is 15.9 Å². The molecule has 0 aliphatic rings. The van der Waals surface area contributed by atoms with Gasteiger partial charge in [0.25, 0.3) is 0 Å². The second kappa shape index (κ2) is 5.56. The van der Waals surface area contributed by atoms with Crippen LogP contribution in [0.2, 0.25) is 0 Å². The zero-order valence-electron chi connectivity index (χ0n) is 10.4. The van der Waals surface area contributed by atoms with E-state index in [1.54, 1.807) is 35.6 Å². The van der Waals surface area contributed by atoms with Crippen LogP contribution in [0.15, 0.2) is 39.7 Å². The van der Waals surface area contributed by atoms with Gasteiger partial charge in [-0.25, -0.2) is 8.42 Å². The third kappa shape index (κ3) is 3.40. The molecule has 0 radical (unpaired) electrons. The van der Waals surface area contributed by atoms with Crippen molar-refractivity contribution in [1.29, 1.82) is 0 Å². The molecule has 19 heavy (non-hydrogen) atoms. The Bertz CT molecular complexity index is 690. The number of sulfone groups is 1. The Hall–Kier alpha value is -0.360. The summed E-state index contributed by atoms with van der Waals surface area (Å²) in [6.45, 7) is 2.02. The Morgan fingerprint density at radius 1 is 1.26 bits per heavy atom. The van der Waals surface area contributed by atoms with Crippen LogP contribution in [0.1, 0.15) is 20.7 Å². The van der Waals surface area contributed by atoms with Crippen LogP contribution in [-0.4, -0.2) is 14.7 Å². The van der Waals surface area contributed by atoms with Crippen molar-refractivity contribution in [3.8, 4) is 0 Å². The quantitative estimate of drug-likeness (QED) is 0.733. The molecule has 0 N–H and O–H groups in total. The average molecular weight is 380 g/mol. The number of thiophene rings is 1. The van der Waals surface area contributed by atoms with Crippen LogP contribution in [0.25, 0.3) is 0 Å². The summed E-state index contributed by atoms with van der Waals surface area (Å²) in [6.07, 6.45) is 1.19. The van der Waals surface area contributed by atoms with Crippen LogP contribution >= 0.6 is 38.9 Å². The molecule has 102 valence electrons. The average Bonchev–Trinajstić information content (AvgIpc) is 2.66. The zero-order chi connectivity index (χ0) is 14.2. The Morgan fingerprint density at radius 2 is 1.84 bits per heavy atom. The van der Waals surface area contributed by atoms with E-state index in [4.69, 9.17) is 11.6 Å². The number of alkyl halides is 1. The van der Waals surface area contributed by atoms with E-state index < -0.39 is 9.84 Å². The van der Waals surface area contributed by atoms with Gasteiger partial charge in [-0.05, 0) is 46.6 Å². The minimum Gasteiger partial charge on any atom is -0.224 e. The molecule has 0 bridgehead atoms. The highest BCUT2D eigenvalue weighted by Gasteiger charge is 2.17. The maximum atomic E-state index is 11.4. The first-order valence-electron chi connectivity index (χ1n) is 5.49. The van der Waals surface area contributed by atoms with Crippen LogP contribution in [0.4, 0.5) is 0 Å². The van der Waals surface area contributed by atoms with Crippen molar-refractivity contribution in [1.82, 2.24) is 0 Å². The van der Waals surface area contributed by atoms with E-state index in [1.807, 2.05) is 13.0 Å². The van der Waals surface area contributed by atoms with Gasteiger partial charge >= 0.3 is 0 Å². The van der Waals surface area contributed by atoms with Gasteiger partial charge in [-0.3, -0.25) is 0 Å². The van der Waals surface area contributed by atoms with Gasteiger partial charge in [-0.15, -0.1) is 22.9 Å². The maximum absolute atomic E-state index is 11.4. The maximum Gasteiger partial charge on any atom is 0.175 e. The number of hydrogen-bond donors (Lipinski definition) is 0. The summed E-state index contributed by atoms with van der Waals surface area (Å²) in [5.41, 5.74) is 0.886. The van der Waals surface area contributed by atoms with Crippen molar-refractivity contribution in [2.75, 3.05) is 6.26 Å². The van der Waals surface area contributed by atoms with Gasteiger partial charge in [0.05, 0.1) is 10.3 Å². The highest BCUT2D eigenvalue weighted by atomic mass is 79.9. The van der Waals surface area contributed by atoms with Crippen molar-refractivity contribution in [3.05, 3.63) is 50.1 Å². The summed E-state index contributed by atoms with van der Waals surface area (Å²) in [6, 6.07) is 8.73. The fourth-order valence-electron chi connectivity index (χ4n) is 1.71. The summed E-state index contributed by atoms with van der Waals surface area (Å²) in [5.74, 6) is 0. The molecule has 2 nitrogen and oxygen atoms in total. The molecule has 1 unspecified atom stereocenters. The number of rotatable bonds is 3. The fourth-order valence-corrected chi connectivity index (χ4v) is 4.75. The smallest absolute Gasteiger partial charge is 0.175 e. The van der Waals surface area contributed by atoms with Crippen molar-refractivity contribution >= 4 is 48.7 Å². The first-order valence-corrected chi connectivity index (χ1v) is 9.42. The van der Waals surface area contributed by atoms with E-state index in [-0.39, 0.29) is 5.38 Å². The Kier molecular flexibility index (Phi) is 4.40. The summed E-state index contributed by atoms with van der Waals surface area (Å²) >= 11 is 11.6. The van der Waals surface area contributed by atoms with Crippen molar-refractivity contribution in [2.24, 2.45) is 0 Å². The molecule has 0 aliphatic heterocycles. The van der Waals surface area contributed by atoms with Crippen LogP contribution in [0.5, 0.6) is 0 Å². The van der Waals surface area contributed by atoms with E-state index in [0.29, 0.717) is 4.90 Å². The molecule has 0 amide bonds. The third-order valence-corrected chi connectivity index (χ3v) is 6.43. The van der Waals surface area contributed by atoms with Gasteiger partial charge < -0.3 is 0 Å². The molecule has 0 spiro atoms. The highest BCUT2D eigenvalue weighted by Crippen LogP contribution is 2.39. The number of aryl methyl sites for hydroxylation is 1. The molecular formula is C13H12BrClO2S2. The third-order valence-electron chi connectivity index (χ3n) is 2.67. The molecule has 0 fully saturated rings. The van der Waals surface area contributed by atoms with E-state index >= 15 is 0 Å². The lowest BCUT2D eigenvalue weighted by Gasteiger charge is -2.09. The molecule has 1 aromatic carbocycles. The summed E-state index contributed by atoms with van der Waals surface area (Å²) < 4.78 is 23.8. The second-order valence-corrected chi connectivity index (χ2v) is 8.87. The monoisotopic (exact) mass is 378 g/mol. The number of hydrogen-bond acceptors (Lipinski definition) is 3. The van der Waals surface area contributed by atoms with Gasteiger partial charge in [0.1, 0.15) is 0 Å². The SMILES string of the molecule is Cc1cc(Br)c(C(Cl)c2ccc(S(C)(=O)=O)cc2)s1. The predicted molar refractivity (Wildman–Crippen MR) is 84.0 cm³/mol. The molecule has 1 heterocycles. The summed E-state index contributed by atoms with van der Waals surface area (Å²) in [5, 5.41) is -0.276. The lowest BCUT2D eigenvalue weighted by molar-refractivity contribution is 0.602. The van der Waals surface area contributed by atoms with Crippen LogP contribution in [0, 0.1) is 6.92 Å². The normalized spacial score (nSPS) is 13.5. The minimum absolute atomic E-state index is 0.276. The van der Waals surface area contributed by atoms with Gasteiger partial charge in [0, 0.05) is 20.5 Å². The second-order valence-electron chi connectivity index (χ2n) is 4.27. The van der Waals surface area contributed by atoms with Crippen molar-refractivity contribution in [2.45, 2.75) is 17.2 Å². The fraction of sp³-hybridized carbons (Fsp3) is 0.231. The van der Waals surface area contributed by atoms with Crippen molar-refractivity contribution in [3.63, 3.8) is 0 Å². The van der Waals surface area contributed by atoms with Crippen LogP contribution < -0.4 is 0 Å².